The lowest BCUT2D eigenvalue weighted by atomic mass is 9.85. The number of nitrogens with one attached hydrogen (secondary N) is 1. The number of thiazole rings is 1. The third-order valence-corrected chi connectivity index (χ3v) is 9.19. The molecule has 4 heterocycles. The van der Waals surface area contributed by atoms with Crippen molar-refractivity contribution in [2.24, 2.45) is 5.92 Å². The van der Waals surface area contributed by atoms with Crippen LogP contribution in [0.2, 0.25) is 0 Å². The van der Waals surface area contributed by atoms with Crippen molar-refractivity contribution in [3.8, 4) is 5.75 Å². The summed E-state index contributed by atoms with van der Waals surface area (Å²) in [5.41, 5.74) is 0.979. The van der Waals surface area contributed by atoms with E-state index in [1.807, 2.05) is 4.90 Å². The summed E-state index contributed by atoms with van der Waals surface area (Å²) < 4.78 is 87.2. The Balaban J connectivity index is 1.48. The van der Waals surface area contributed by atoms with Gasteiger partial charge < -0.3 is 4.74 Å². The highest BCUT2D eigenvalue weighted by molar-refractivity contribution is 7.90. The molecule has 0 radical (unpaired) electrons. The number of aromatic nitrogens is 3. The molecule has 1 N–H and O–H groups in total. The first kappa shape index (κ1) is 24.2. The second-order valence-corrected chi connectivity index (χ2v) is 11.6. The molecule has 35 heavy (non-hydrogen) atoms. The molecule has 1 fully saturated rings. The zero-order valence-corrected chi connectivity index (χ0v) is 20.0. The number of sulfone groups is 1. The van der Waals surface area contributed by atoms with Gasteiger partial charge in [-0.25, -0.2) is 17.8 Å². The lowest BCUT2D eigenvalue weighted by Gasteiger charge is -2.45. The van der Waals surface area contributed by atoms with Crippen molar-refractivity contribution in [2.45, 2.75) is 48.2 Å². The third-order valence-electron chi connectivity index (χ3n) is 6.59. The smallest absolute Gasteiger partial charge is 0.391 e. The molecule has 3 atom stereocenters. The summed E-state index contributed by atoms with van der Waals surface area (Å²) in [7, 11) is -4.02. The summed E-state index contributed by atoms with van der Waals surface area (Å²) in [6, 6.07) is 2.93. The van der Waals surface area contributed by atoms with Crippen molar-refractivity contribution in [3.63, 3.8) is 0 Å². The number of nitrogens with zero attached hydrogens (tertiary/aromatic N) is 3. The highest BCUT2D eigenvalue weighted by Gasteiger charge is 2.47. The minimum absolute atomic E-state index is 0.0798. The maximum absolute atomic E-state index is 15.2. The Morgan fingerprint density at radius 2 is 2.03 bits per heavy atom. The molecule has 0 unspecified atom stereocenters. The Morgan fingerprint density at radius 1 is 1.20 bits per heavy atom. The molecule has 2 aromatic heterocycles. The molecule has 0 saturated carbocycles. The molecule has 2 aliphatic rings. The van der Waals surface area contributed by atoms with Crippen LogP contribution in [-0.2, 0) is 15.6 Å². The van der Waals surface area contributed by atoms with Crippen LogP contribution in [0, 0.1) is 11.7 Å². The van der Waals surface area contributed by atoms with Gasteiger partial charge in [0.1, 0.15) is 27.2 Å². The molecule has 13 heteroatoms. The summed E-state index contributed by atoms with van der Waals surface area (Å²) in [5.74, 6) is -2.58. The fourth-order valence-corrected chi connectivity index (χ4v) is 7.27. The molecule has 0 aliphatic carbocycles. The number of ether oxygens (including phenoxy) is 1. The van der Waals surface area contributed by atoms with Crippen LogP contribution >= 0.6 is 11.3 Å². The molecular formula is C22H22F4N4O3S2. The molecule has 0 amide bonds. The molecule has 7 nitrogen and oxygen atoms in total. The Kier molecular flexibility index (Phi) is 6.34. The van der Waals surface area contributed by atoms with E-state index in [1.165, 1.54) is 18.5 Å². The minimum atomic E-state index is -4.31. The molecule has 0 spiro atoms. The Bertz CT molecular complexity index is 1280. The second kappa shape index (κ2) is 9.17. The zero-order chi connectivity index (χ0) is 24.8. The number of alkyl halides is 3. The average molecular weight is 531 g/mol. The summed E-state index contributed by atoms with van der Waals surface area (Å²) in [6.45, 7) is 0.369. The number of halogens is 4. The Morgan fingerprint density at radius 3 is 2.71 bits per heavy atom. The number of H-pyrrole nitrogens is 1. The highest BCUT2D eigenvalue weighted by atomic mass is 32.2. The SMILES string of the molecule is O=S(=O)(Cc1nccs1)c1cc2c(cc1F)[C@@H](N1CC[C@@H](C(F)(F)F)C[C@H]1c1ccn[nH]1)CCO2. The van der Waals surface area contributed by atoms with Gasteiger partial charge in [0.25, 0.3) is 0 Å². The first-order valence-electron chi connectivity index (χ1n) is 11.0. The quantitative estimate of drug-likeness (QED) is 0.476. The number of hydrogen-bond donors (Lipinski definition) is 1. The van der Waals surface area contributed by atoms with Crippen LogP contribution in [0.1, 0.15) is 47.6 Å². The summed E-state index contributed by atoms with van der Waals surface area (Å²) in [5, 5.41) is 8.67. The minimum Gasteiger partial charge on any atom is -0.493 e. The fraction of sp³-hybridized carbons (Fsp3) is 0.455. The lowest BCUT2D eigenvalue weighted by Crippen LogP contribution is -2.44. The summed E-state index contributed by atoms with van der Waals surface area (Å²) in [6.07, 6.45) is -1.15. The van der Waals surface area contributed by atoms with E-state index in [1.54, 1.807) is 11.4 Å². The van der Waals surface area contributed by atoms with Gasteiger partial charge in [0.2, 0.25) is 0 Å². The highest BCUT2D eigenvalue weighted by Crippen LogP contribution is 2.48. The predicted molar refractivity (Wildman–Crippen MR) is 119 cm³/mol. The molecule has 1 aromatic carbocycles. The van der Waals surface area contributed by atoms with Crippen molar-refractivity contribution in [1.82, 2.24) is 20.1 Å². The monoisotopic (exact) mass is 530 g/mol. The maximum Gasteiger partial charge on any atom is 0.391 e. The van der Waals surface area contributed by atoms with E-state index in [0.717, 1.165) is 17.4 Å². The number of aromatic amines is 1. The van der Waals surface area contributed by atoms with E-state index in [2.05, 4.69) is 15.2 Å². The first-order valence-corrected chi connectivity index (χ1v) is 13.6. The molecule has 3 aromatic rings. The summed E-state index contributed by atoms with van der Waals surface area (Å²) >= 11 is 1.16. The summed E-state index contributed by atoms with van der Waals surface area (Å²) in [4.78, 5) is 5.40. The van der Waals surface area contributed by atoms with Crippen LogP contribution in [0.3, 0.4) is 0 Å². The van der Waals surface area contributed by atoms with E-state index in [9.17, 15) is 21.6 Å². The van der Waals surface area contributed by atoms with Gasteiger partial charge in [-0.2, -0.15) is 18.3 Å². The van der Waals surface area contributed by atoms with Crippen molar-refractivity contribution >= 4 is 21.2 Å². The van der Waals surface area contributed by atoms with E-state index in [4.69, 9.17) is 4.74 Å². The number of rotatable bonds is 5. The van der Waals surface area contributed by atoms with Crippen LogP contribution in [0.4, 0.5) is 17.6 Å². The Labute approximate surface area is 203 Å². The molecule has 0 bridgehead atoms. The van der Waals surface area contributed by atoms with Crippen molar-refractivity contribution in [3.05, 3.63) is 58.1 Å². The molecular weight excluding hydrogens is 508 g/mol. The van der Waals surface area contributed by atoms with Gasteiger partial charge in [-0.05, 0) is 25.0 Å². The van der Waals surface area contributed by atoms with E-state index in [0.29, 0.717) is 22.7 Å². The number of piperidine rings is 1. The van der Waals surface area contributed by atoms with Gasteiger partial charge in [0.05, 0.1) is 24.3 Å². The molecule has 5 rings (SSSR count). The zero-order valence-electron chi connectivity index (χ0n) is 18.3. The van der Waals surface area contributed by atoms with Crippen LogP contribution < -0.4 is 4.74 Å². The van der Waals surface area contributed by atoms with Gasteiger partial charge in [-0.3, -0.25) is 10.00 Å². The van der Waals surface area contributed by atoms with E-state index < -0.39 is 50.5 Å². The lowest BCUT2D eigenvalue weighted by molar-refractivity contribution is -0.192. The van der Waals surface area contributed by atoms with Crippen LogP contribution in [-0.4, -0.2) is 47.8 Å². The third kappa shape index (κ3) is 4.81. The van der Waals surface area contributed by atoms with Gasteiger partial charge in [0, 0.05) is 48.4 Å². The van der Waals surface area contributed by atoms with Crippen LogP contribution in [0.15, 0.2) is 40.9 Å². The first-order chi connectivity index (χ1) is 16.6. The van der Waals surface area contributed by atoms with Crippen LogP contribution in [0.25, 0.3) is 0 Å². The second-order valence-electron chi connectivity index (χ2n) is 8.69. The number of likely N-dealkylation sites (tertiary alicyclic amines) is 1. The number of benzene rings is 1. The van der Waals surface area contributed by atoms with E-state index in [-0.39, 0.29) is 31.7 Å². The van der Waals surface area contributed by atoms with Gasteiger partial charge >= 0.3 is 6.18 Å². The molecule has 188 valence electrons. The van der Waals surface area contributed by atoms with Gasteiger partial charge in [-0.1, -0.05) is 0 Å². The normalized spacial score (nSPS) is 23.6. The maximum atomic E-state index is 15.2. The van der Waals surface area contributed by atoms with Gasteiger partial charge in [-0.15, -0.1) is 11.3 Å². The molecule has 1 saturated heterocycles. The standard InChI is InChI=1S/C22H22F4N4O3S2/c23-15-10-14-17(30-6-2-13(22(24,25)26)9-18(30)16-1-4-28-29-16)3-7-33-19(14)11-20(15)35(31,32)12-21-27-5-8-34-21/h1,4-5,8,10-11,13,17-18H,2-3,6-7,9,12H2,(H,28,29)/t13-,17+,18+/m1/s1. The van der Waals surface area contributed by atoms with Crippen LogP contribution in [0.5, 0.6) is 5.75 Å². The van der Waals surface area contributed by atoms with Crippen molar-refractivity contribution < 1.29 is 30.7 Å². The predicted octanol–water partition coefficient (Wildman–Crippen LogP) is 4.82. The topological polar surface area (TPSA) is 88.2 Å². The fourth-order valence-electron chi connectivity index (χ4n) is 4.93. The van der Waals surface area contributed by atoms with Crippen molar-refractivity contribution in [1.29, 1.82) is 0 Å². The average Bonchev–Trinajstić information content (AvgIpc) is 3.51. The Hall–Kier alpha value is -2.51. The number of hydrogen-bond acceptors (Lipinski definition) is 7. The van der Waals surface area contributed by atoms with E-state index >= 15 is 4.39 Å². The van der Waals surface area contributed by atoms with Gasteiger partial charge in [0.15, 0.2) is 9.84 Å². The largest absolute Gasteiger partial charge is 0.493 e. The molecule has 2 aliphatic heterocycles. The number of fused-ring (bicyclic) bond motifs is 1. The van der Waals surface area contributed by atoms with Crippen molar-refractivity contribution in [2.75, 3.05) is 13.2 Å².